The Kier molecular flexibility index (Phi) is 6.56. The van der Waals surface area contributed by atoms with Gasteiger partial charge in [0.15, 0.2) is 11.5 Å². The first-order valence-corrected chi connectivity index (χ1v) is 9.77. The third kappa shape index (κ3) is 5.56. The van der Waals surface area contributed by atoms with Gasteiger partial charge in [0.25, 0.3) is 0 Å². The number of amides is 2. The molecule has 2 heterocycles. The van der Waals surface area contributed by atoms with E-state index < -0.39 is 17.7 Å². The molecule has 1 aliphatic rings. The standard InChI is InChI=1S/C21H24F4N4O2/c1-13(26-20(30)28(2)3)14-4-6-15(7-5-14)31-16-10-11-29(12-16)18-9-8-17(22)19(27-18)21(23,24)25/h4-9,13,16H,10-12H2,1-3H3,(H,26,30)/t13-,16?/m0/s1. The van der Waals surface area contributed by atoms with E-state index in [4.69, 9.17) is 4.74 Å². The molecule has 1 aromatic carbocycles. The minimum Gasteiger partial charge on any atom is -0.489 e. The number of nitrogens with one attached hydrogen (secondary N) is 1. The Morgan fingerprint density at radius 2 is 1.90 bits per heavy atom. The molecule has 0 saturated carbocycles. The van der Waals surface area contributed by atoms with E-state index in [1.807, 2.05) is 19.1 Å². The molecule has 0 spiro atoms. The second kappa shape index (κ2) is 8.99. The fraction of sp³-hybridized carbons (Fsp3) is 0.429. The molecule has 3 rings (SSSR count). The first-order chi connectivity index (χ1) is 14.5. The van der Waals surface area contributed by atoms with Crippen LogP contribution in [0.3, 0.4) is 0 Å². The number of benzene rings is 1. The average Bonchev–Trinajstić information content (AvgIpc) is 3.16. The predicted molar refractivity (Wildman–Crippen MR) is 108 cm³/mol. The summed E-state index contributed by atoms with van der Waals surface area (Å²) in [5.41, 5.74) is -0.605. The fourth-order valence-electron chi connectivity index (χ4n) is 3.26. The van der Waals surface area contributed by atoms with Gasteiger partial charge in [-0.15, -0.1) is 0 Å². The highest BCUT2D eigenvalue weighted by Gasteiger charge is 2.37. The number of hydrogen-bond donors (Lipinski definition) is 1. The number of nitrogens with zero attached hydrogens (tertiary/aromatic N) is 3. The highest BCUT2D eigenvalue weighted by molar-refractivity contribution is 5.74. The molecular formula is C21H24F4N4O2. The lowest BCUT2D eigenvalue weighted by Gasteiger charge is -2.20. The molecule has 1 unspecified atom stereocenters. The van der Waals surface area contributed by atoms with E-state index in [1.54, 1.807) is 31.1 Å². The second-order valence-electron chi connectivity index (χ2n) is 7.61. The van der Waals surface area contributed by atoms with Gasteiger partial charge >= 0.3 is 12.2 Å². The maximum atomic E-state index is 13.5. The van der Waals surface area contributed by atoms with E-state index in [0.29, 0.717) is 25.3 Å². The van der Waals surface area contributed by atoms with Crippen molar-refractivity contribution >= 4 is 11.8 Å². The van der Waals surface area contributed by atoms with E-state index >= 15 is 0 Å². The number of anilines is 1. The molecule has 0 bridgehead atoms. The number of pyridine rings is 1. The summed E-state index contributed by atoms with van der Waals surface area (Å²) in [5, 5.41) is 2.86. The molecule has 1 N–H and O–H groups in total. The van der Waals surface area contributed by atoms with Crippen molar-refractivity contribution < 1.29 is 27.1 Å². The normalized spacial score (nSPS) is 17.4. The van der Waals surface area contributed by atoms with Gasteiger partial charge in [0.2, 0.25) is 0 Å². The maximum Gasteiger partial charge on any atom is 0.436 e. The SMILES string of the molecule is C[C@H](NC(=O)N(C)C)c1ccc(OC2CCN(c3ccc(F)c(C(F)(F)F)n3)C2)cc1. The maximum absolute atomic E-state index is 13.5. The first kappa shape index (κ1) is 22.6. The van der Waals surface area contributed by atoms with Gasteiger partial charge in [-0.1, -0.05) is 12.1 Å². The molecule has 2 amide bonds. The van der Waals surface area contributed by atoms with E-state index in [2.05, 4.69) is 10.3 Å². The van der Waals surface area contributed by atoms with Gasteiger partial charge in [0.05, 0.1) is 12.6 Å². The Labute approximate surface area is 177 Å². The van der Waals surface area contributed by atoms with E-state index in [0.717, 1.165) is 11.6 Å². The minimum atomic E-state index is -4.85. The summed E-state index contributed by atoms with van der Waals surface area (Å²) < 4.78 is 58.1. The number of hydrogen-bond acceptors (Lipinski definition) is 4. The zero-order valence-electron chi connectivity index (χ0n) is 17.4. The Bertz CT molecular complexity index is 919. The number of ether oxygens (including phenoxy) is 1. The highest BCUT2D eigenvalue weighted by Crippen LogP contribution is 2.32. The molecule has 168 valence electrons. The summed E-state index contributed by atoms with van der Waals surface area (Å²) in [6.07, 6.45) is -4.49. The van der Waals surface area contributed by atoms with Crippen LogP contribution in [-0.4, -0.2) is 49.2 Å². The van der Waals surface area contributed by atoms with Gasteiger partial charge in [-0.05, 0) is 36.8 Å². The van der Waals surface area contributed by atoms with E-state index in [-0.39, 0.29) is 24.0 Å². The third-order valence-electron chi connectivity index (χ3n) is 5.00. The van der Waals surface area contributed by atoms with Crippen LogP contribution in [0.25, 0.3) is 0 Å². The van der Waals surface area contributed by atoms with E-state index in [9.17, 15) is 22.4 Å². The van der Waals surface area contributed by atoms with Crippen LogP contribution in [0.5, 0.6) is 5.75 Å². The Morgan fingerprint density at radius 3 is 2.52 bits per heavy atom. The summed E-state index contributed by atoms with van der Waals surface area (Å²) in [7, 11) is 3.32. The number of carbonyl (C=O) groups excluding carboxylic acids is 1. The van der Waals surface area contributed by atoms with Crippen molar-refractivity contribution in [1.29, 1.82) is 0 Å². The second-order valence-corrected chi connectivity index (χ2v) is 7.61. The van der Waals surface area contributed by atoms with Crippen molar-refractivity contribution in [3.63, 3.8) is 0 Å². The number of halogens is 4. The van der Waals surface area contributed by atoms with Crippen LogP contribution < -0.4 is 15.0 Å². The topological polar surface area (TPSA) is 57.7 Å². The van der Waals surface area contributed by atoms with Gasteiger partial charge in [-0.2, -0.15) is 13.2 Å². The van der Waals surface area contributed by atoms with Crippen LogP contribution in [-0.2, 0) is 6.18 Å². The summed E-state index contributed by atoms with van der Waals surface area (Å²) >= 11 is 0. The van der Waals surface area contributed by atoms with Gasteiger partial charge in [0, 0.05) is 27.1 Å². The van der Waals surface area contributed by atoms with Gasteiger partial charge < -0.3 is 19.9 Å². The van der Waals surface area contributed by atoms with Crippen molar-refractivity contribution in [2.45, 2.75) is 31.7 Å². The summed E-state index contributed by atoms with van der Waals surface area (Å²) in [5.74, 6) is -0.704. The smallest absolute Gasteiger partial charge is 0.436 e. The number of rotatable bonds is 5. The lowest BCUT2D eigenvalue weighted by Crippen LogP contribution is -2.36. The number of alkyl halides is 3. The molecule has 1 aromatic heterocycles. The molecule has 1 saturated heterocycles. The van der Waals surface area contributed by atoms with Crippen LogP contribution in [0.2, 0.25) is 0 Å². The molecule has 2 aromatic rings. The van der Waals surface area contributed by atoms with Crippen LogP contribution in [0.4, 0.5) is 28.2 Å². The molecule has 1 aliphatic heterocycles. The third-order valence-corrected chi connectivity index (χ3v) is 5.00. The lowest BCUT2D eigenvalue weighted by atomic mass is 10.1. The zero-order valence-corrected chi connectivity index (χ0v) is 17.4. The van der Waals surface area contributed by atoms with Gasteiger partial charge in [0.1, 0.15) is 17.7 Å². The molecule has 31 heavy (non-hydrogen) atoms. The fourth-order valence-corrected chi connectivity index (χ4v) is 3.26. The van der Waals surface area contributed by atoms with Gasteiger partial charge in [-0.25, -0.2) is 14.2 Å². The number of aromatic nitrogens is 1. The predicted octanol–water partition coefficient (Wildman–Crippen LogP) is 4.23. The van der Waals surface area contributed by atoms with Crippen LogP contribution in [0.1, 0.15) is 30.6 Å². The molecule has 0 aliphatic carbocycles. The molecule has 10 heteroatoms. The summed E-state index contributed by atoms with van der Waals surface area (Å²) in [6, 6.07) is 8.92. The lowest BCUT2D eigenvalue weighted by molar-refractivity contribution is -0.143. The van der Waals surface area contributed by atoms with Crippen molar-refractivity contribution in [3.05, 3.63) is 53.5 Å². The number of urea groups is 1. The Hall–Kier alpha value is -3.04. The summed E-state index contributed by atoms with van der Waals surface area (Å²) in [4.78, 5) is 18.3. The van der Waals surface area contributed by atoms with Crippen molar-refractivity contribution in [2.24, 2.45) is 0 Å². The van der Waals surface area contributed by atoms with Crippen LogP contribution in [0, 0.1) is 5.82 Å². The molecular weight excluding hydrogens is 416 g/mol. The Balaban J connectivity index is 1.60. The molecule has 6 nitrogen and oxygen atoms in total. The molecule has 0 radical (unpaired) electrons. The van der Waals surface area contributed by atoms with E-state index in [1.165, 1.54) is 11.0 Å². The number of carbonyl (C=O) groups is 1. The largest absolute Gasteiger partial charge is 0.489 e. The quantitative estimate of drug-likeness (QED) is 0.707. The van der Waals surface area contributed by atoms with Gasteiger partial charge in [-0.3, -0.25) is 0 Å². The Morgan fingerprint density at radius 1 is 1.23 bits per heavy atom. The monoisotopic (exact) mass is 440 g/mol. The van der Waals surface area contributed by atoms with Crippen molar-refractivity contribution in [1.82, 2.24) is 15.2 Å². The van der Waals surface area contributed by atoms with Crippen LogP contribution in [0.15, 0.2) is 36.4 Å². The highest BCUT2D eigenvalue weighted by atomic mass is 19.4. The van der Waals surface area contributed by atoms with Crippen LogP contribution >= 0.6 is 0 Å². The van der Waals surface area contributed by atoms with Crippen molar-refractivity contribution in [3.8, 4) is 5.75 Å². The molecule has 1 fully saturated rings. The molecule has 2 atom stereocenters. The minimum absolute atomic E-state index is 0.0700. The first-order valence-electron chi connectivity index (χ1n) is 9.77. The average molecular weight is 440 g/mol. The zero-order chi connectivity index (χ0) is 22.8. The summed E-state index contributed by atoms with van der Waals surface area (Å²) in [6.45, 7) is 2.66. The van der Waals surface area contributed by atoms with Crippen molar-refractivity contribution in [2.75, 3.05) is 32.1 Å².